The first kappa shape index (κ1) is 18.3. The van der Waals surface area contributed by atoms with Crippen LogP contribution in [0.25, 0.3) is 0 Å². The first-order valence-corrected chi connectivity index (χ1v) is 8.51. The fourth-order valence-electron chi connectivity index (χ4n) is 2.57. The Morgan fingerprint density at radius 3 is 2.88 bits per heavy atom. The second kappa shape index (κ2) is 8.68. The van der Waals surface area contributed by atoms with Gasteiger partial charge in [-0.3, -0.25) is 4.79 Å². The number of nitrogens with zero attached hydrogens (tertiary/aromatic N) is 1. The van der Waals surface area contributed by atoms with Gasteiger partial charge in [0.25, 0.3) is 5.91 Å². The summed E-state index contributed by atoms with van der Waals surface area (Å²) in [4.78, 5) is 26.2. The summed E-state index contributed by atoms with van der Waals surface area (Å²) in [5.74, 6) is 0.510. The maximum Gasteiger partial charge on any atom is 0.319 e. The molecule has 1 aromatic carbocycles. The number of benzene rings is 1. The average Bonchev–Trinajstić information content (AvgIpc) is 2.54. The van der Waals surface area contributed by atoms with Crippen LogP contribution < -0.4 is 10.6 Å². The van der Waals surface area contributed by atoms with Gasteiger partial charge in [-0.15, -0.1) is 0 Å². The molecule has 24 heavy (non-hydrogen) atoms. The van der Waals surface area contributed by atoms with Crippen molar-refractivity contribution in [2.24, 2.45) is 5.92 Å². The van der Waals surface area contributed by atoms with Crippen LogP contribution >= 0.6 is 0 Å². The van der Waals surface area contributed by atoms with E-state index >= 15 is 0 Å². The van der Waals surface area contributed by atoms with Crippen molar-refractivity contribution >= 4 is 17.6 Å². The highest BCUT2D eigenvalue weighted by Crippen LogP contribution is 2.15. The molecule has 0 aromatic heterocycles. The third kappa shape index (κ3) is 5.53. The third-order valence-electron chi connectivity index (χ3n) is 3.90. The molecule has 1 aromatic rings. The Morgan fingerprint density at radius 2 is 2.17 bits per heavy atom. The van der Waals surface area contributed by atoms with Crippen molar-refractivity contribution in [1.82, 2.24) is 10.2 Å². The Labute approximate surface area is 143 Å². The highest BCUT2D eigenvalue weighted by molar-refractivity contribution is 5.97. The Hall–Kier alpha value is -2.08. The van der Waals surface area contributed by atoms with Gasteiger partial charge in [0.05, 0.1) is 12.7 Å². The van der Waals surface area contributed by atoms with Crippen LogP contribution in [0.2, 0.25) is 0 Å². The summed E-state index contributed by atoms with van der Waals surface area (Å²) >= 11 is 0. The van der Waals surface area contributed by atoms with Crippen LogP contribution in [0.5, 0.6) is 0 Å². The van der Waals surface area contributed by atoms with Crippen molar-refractivity contribution in [3.8, 4) is 0 Å². The molecule has 1 unspecified atom stereocenters. The van der Waals surface area contributed by atoms with E-state index in [0.29, 0.717) is 43.4 Å². The second-order valence-electron chi connectivity index (χ2n) is 6.58. The van der Waals surface area contributed by atoms with E-state index in [1.807, 2.05) is 6.92 Å². The summed E-state index contributed by atoms with van der Waals surface area (Å²) in [5.41, 5.74) is 1.19. The molecule has 1 heterocycles. The van der Waals surface area contributed by atoms with Crippen molar-refractivity contribution in [1.29, 1.82) is 0 Å². The van der Waals surface area contributed by atoms with E-state index < -0.39 is 0 Å². The number of urea groups is 1. The maximum atomic E-state index is 12.6. The lowest BCUT2D eigenvalue weighted by Gasteiger charge is -2.31. The maximum absolute atomic E-state index is 12.6. The Bertz CT molecular complexity index is 574. The van der Waals surface area contributed by atoms with Crippen LogP contribution in [0.3, 0.4) is 0 Å². The van der Waals surface area contributed by atoms with Crippen molar-refractivity contribution in [2.75, 3.05) is 31.6 Å². The zero-order valence-electron chi connectivity index (χ0n) is 14.7. The minimum Gasteiger partial charge on any atom is -0.375 e. The number of morpholine rings is 1. The van der Waals surface area contributed by atoms with E-state index in [0.717, 1.165) is 6.42 Å². The molecule has 1 fully saturated rings. The Morgan fingerprint density at radius 1 is 1.38 bits per heavy atom. The first-order valence-electron chi connectivity index (χ1n) is 8.51. The highest BCUT2D eigenvalue weighted by atomic mass is 16.5. The van der Waals surface area contributed by atoms with E-state index in [-0.39, 0.29) is 18.0 Å². The number of rotatable bonds is 5. The minimum atomic E-state index is -0.250. The van der Waals surface area contributed by atoms with Gasteiger partial charge in [-0.05, 0) is 37.5 Å². The number of carbonyl (C=O) groups is 2. The first-order chi connectivity index (χ1) is 11.5. The summed E-state index contributed by atoms with van der Waals surface area (Å²) in [5, 5.41) is 5.60. The Kier molecular flexibility index (Phi) is 6.61. The molecule has 6 heteroatoms. The molecule has 1 aliphatic heterocycles. The quantitative estimate of drug-likeness (QED) is 0.870. The molecule has 0 radical (unpaired) electrons. The summed E-state index contributed by atoms with van der Waals surface area (Å²) in [7, 11) is 0. The molecule has 6 nitrogen and oxygen atoms in total. The number of carbonyl (C=O) groups excluding carboxylic acids is 2. The van der Waals surface area contributed by atoms with Gasteiger partial charge in [-0.2, -0.15) is 0 Å². The normalized spacial score (nSPS) is 17.7. The van der Waals surface area contributed by atoms with Crippen LogP contribution in [0.1, 0.15) is 37.6 Å². The molecule has 0 spiro atoms. The van der Waals surface area contributed by atoms with Gasteiger partial charge >= 0.3 is 6.03 Å². The fraction of sp³-hybridized carbons (Fsp3) is 0.556. The predicted octanol–water partition coefficient (Wildman–Crippen LogP) is 2.72. The topological polar surface area (TPSA) is 70.7 Å². The Balaban J connectivity index is 1.93. The van der Waals surface area contributed by atoms with Crippen molar-refractivity contribution in [3.05, 3.63) is 29.8 Å². The SMILES string of the molecule is CC(C)CCNC(=O)Nc1cccc(C(=O)N2CCOC(C)C2)c1. The largest absolute Gasteiger partial charge is 0.375 e. The number of anilines is 1. The van der Waals surface area contributed by atoms with E-state index in [1.54, 1.807) is 29.2 Å². The van der Waals surface area contributed by atoms with Gasteiger partial charge in [-0.25, -0.2) is 4.79 Å². The lowest BCUT2D eigenvalue weighted by atomic mass is 10.1. The number of amides is 3. The molecule has 0 bridgehead atoms. The van der Waals surface area contributed by atoms with E-state index in [1.165, 1.54) is 0 Å². The number of nitrogens with one attached hydrogen (secondary N) is 2. The predicted molar refractivity (Wildman–Crippen MR) is 94.2 cm³/mol. The van der Waals surface area contributed by atoms with Gasteiger partial charge in [0, 0.05) is 30.9 Å². The zero-order chi connectivity index (χ0) is 17.5. The fourth-order valence-corrected chi connectivity index (χ4v) is 2.57. The number of hydrogen-bond donors (Lipinski definition) is 2. The van der Waals surface area contributed by atoms with Gasteiger partial charge in [0.2, 0.25) is 0 Å². The highest BCUT2D eigenvalue weighted by Gasteiger charge is 2.22. The van der Waals surface area contributed by atoms with Crippen molar-refractivity contribution < 1.29 is 14.3 Å². The molecule has 1 atom stereocenters. The van der Waals surface area contributed by atoms with Gasteiger partial charge < -0.3 is 20.3 Å². The molecule has 3 amide bonds. The summed E-state index contributed by atoms with van der Waals surface area (Å²) in [6.45, 7) is 8.56. The molecular formula is C18H27N3O3. The van der Waals surface area contributed by atoms with Gasteiger partial charge in [-0.1, -0.05) is 19.9 Å². The average molecular weight is 333 g/mol. The summed E-state index contributed by atoms with van der Waals surface area (Å²) in [6.07, 6.45) is 0.983. The molecular weight excluding hydrogens is 306 g/mol. The van der Waals surface area contributed by atoms with Gasteiger partial charge in [0.15, 0.2) is 0 Å². The summed E-state index contributed by atoms with van der Waals surface area (Å²) in [6, 6.07) is 6.79. The molecule has 132 valence electrons. The standard InChI is InChI=1S/C18H27N3O3/c1-13(2)7-8-19-18(23)20-16-6-4-5-15(11-16)17(22)21-9-10-24-14(3)12-21/h4-6,11,13-14H,7-10,12H2,1-3H3,(H2,19,20,23). The third-order valence-corrected chi connectivity index (χ3v) is 3.90. The van der Waals surface area contributed by atoms with Crippen LogP contribution in [0.4, 0.5) is 10.5 Å². The molecule has 1 saturated heterocycles. The minimum absolute atomic E-state index is 0.0333. The lowest BCUT2D eigenvalue weighted by molar-refractivity contribution is -0.0124. The molecule has 2 N–H and O–H groups in total. The molecule has 1 aliphatic rings. The number of hydrogen-bond acceptors (Lipinski definition) is 3. The van der Waals surface area contributed by atoms with E-state index in [2.05, 4.69) is 24.5 Å². The van der Waals surface area contributed by atoms with Crippen molar-refractivity contribution in [3.63, 3.8) is 0 Å². The van der Waals surface area contributed by atoms with Crippen LogP contribution in [-0.4, -0.2) is 49.2 Å². The zero-order valence-corrected chi connectivity index (χ0v) is 14.7. The van der Waals surface area contributed by atoms with E-state index in [4.69, 9.17) is 4.74 Å². The monoisotopic (exact) mass is 333 g/mol. The lowest BCUT2D eigenvalue weighted by Crippen LogP contribution is -2.44. The van der Waals surface area contributed by atoms with Crippen molar-refractivity contribution in [2.45, 2.75) is 33.3 Å². The molecule has 2 rings (SSSR count). The van der Waals surface area contributed by atoms with Crippen LogP contribution in [-0.2, 0) is 4.74 Å². The van der Waals surface area contributed by atoms with E-state index in [9.17, 15) is 9.59 Å². The number of ether oxygens (including phenoxy) is 1. The van der Waals surface area contributed by atoms with Crippen LogP contribution in [0.15, 0.2) is 24.3 Å². The molecule has 0 saturated carbocycles. The molecule has 0 aliphatic carbocycles. The van der Waals surface area contributed by atoms with Gasteiger partial charge in [0.1, 0.15) is 0 Å². The van der Waals surface area contributed by atoms with Crippen LogP contribution in [0, 0.1) is 5.92 Å². The second-order valence-corrected chi connectivity index (χ2v) is 6.58. The summed E-state index contributed by atoms with van der Waals surface area (Å²) < 4.78 is 5.47. The smallest absolute Gasteiger partial charge is 0.319 e.